The quantitative estimate of drug-likeness (QED) is 0.184. The maximum absolute atomic E-state index is 14.4. The molecule has 20 heteroatoms. The number of ether oxygens (including phenoxy) is 2. The zero-order chi connectivity index (χ0) is 31.2. The van der Waals surface area contributed by atoms with Gasteiger partial charge in [0.05, 0.1) is 26.3 Å². The number of aromatic nitrogens is 4. The molecule has 228 valence electrons. The van der Waals surface area contributed by atoms with Gasteiger partial charge in [-0.15, -0.1) is 0 Å². The number of aromatic amines is 2. The molecule has 2 aliphatic rings. The number of hydrogen-bond acceptors (Lipinski definition) is 10. The van der Waals surface area contributed by atoms with E-state index in [1.807, 2.05) is 9.97 Å². The van der Waals surface area contributed by atoms with Gasteiger partial charge in [0.15, 0.2) is 24.8 Å². The molecule has 4 N–H and O–H groups in total. The zero-order valence-electron chi connectivity index (χ0n) is 22.3. The van der Waals surface area contributed by atoms with Crippen molar-refractivity contribution < 1.29 is 28.5 Å². The number of nitrogens with zero attached hydrogens (tertiary/aromatic N) is 8. The summed E-state index contributed by atoms with van der Waals surface area (Å²) >= 11 is 0. The van der Waals surface area contributed by atoms with Crippen molar-refractivity contribution in [2.45, 2.75) is 49.8 Å². The number of rotatable bonds is 8. The third-order valence-electron chi connectivity index (χ3n) is 7.46. The topological polar surface area (TPSA) is 266 Å². The van der Waals surface area contributed by atoms with Gasteiger partial charge < -0.3 is 19.7 Å². The van der Waals surface area contributed by atoms with Gasteiger partial charge in [-0.05, 0) is 11.1 Å². The van der Waals surface area contributed by atoms with Crippen molar-refractivity contribution in [3.05, 3.63) is 87.1 Å². The fraction of sp³-hybridized carbons (Fsp3) is 0.636. The molecule has 0 aromatic carbocycles. The van der Waals surface area contributed by atoms with E-state index in [-0.39, 0.29) is 13.1 Å². The first-order valence-electron chi connectivity index (χ1n) is 12.4. The van der Waals surface area contributed by atoms with Crippen LogP contribution in [0.1, 0.15) is 26.3 Å². The van der Waals surface area contributed by atoms with Crippen LogP contribution in [0, 0.1) is 11.8 Å². The molecule has 0 aliphatic carbocycles. The number of azide groups is 2. The van der Waals surface area contributed by atoms with Crippen LogP contribution in [0.2, 0.25) is 0 Å². The molecule has 0 radical (unpaired) electrons. The number of hydrogen-bond donors (Lipinski definition) is 4. The summed E-state index contributed by atoms with van der Waals surface area (Å²) in [5, 5.41) is 25.6. The summed E-state index contributed by atoms with van der Waals surface area (Å²) in [4.78, 5) is 54.6. The second-order valence-electron chi connectivity index (χ2n) is 9.74. The second-order valence-corrected chi connectivity index (χ2v) is 9.74. The molecule has 4 rings (SSSR count). The van der Waals surface area contributed by atoms with E-state index < -0.39 is 83.5 Å². The van der Waals surface area contributed by atoms with Gasteiger partial charge in [-0.3, -0.25) is 28.7 Å². The van der Waals surface area contributed by atoms with Crippen molar-refractivity contribution in [1.82, 2.24) is 19.1 Å². The smallest absolute Gasteiger partial charge is 0.330 e. The molecule has 2 saturated heterocycles. The molecule has 0 unspecified atom stereocenters. The molecule has 0 saturated carbocycles. The lowest BCUT2D eigenvalue weighted by molar-refractivity contribution is -0.108. The first kappa shape index (κ1) is 32.2. The predicted molar refractivity (Wildman–Crippen MR) is 139 cm³/mol. The standard InChI is InChI=1S/2C11H14FN5O4/c2*1-6-8(12)9(17-3-2-7(19)15-10(17)20)21-11(6,5-18)4-14-16-13/h2*2-3,6,8-9,18H,4-5H2,1H3,(H,15,19,20)/t2*6-,8+,9+,11+/m00/s1. The maximum Gasteiger partial charge on any atom is 0.330 e. The average Bonchev–Trinajstić information content (AvgIpc) is 3.36. The van der Waals surface area contributed by atoms with Crippen LogP contribution < -0.4 is 22.5 Å². The molecular weight excluding hydrogens is 570 g/mol. The van der Waals surface area contributed by atoms with Gasteiger partial charge in [0.1, 0.15) is 11.2 Å². The van der Waals surface area contributed by atoms with Gasteiger partial charge >= 0.3 is 11.4 Å². The van der Waals surface area contributed by atoms with Crippen molar-refractivity contribution in [1.29, 1.82) is 0 Å². The Bertz CT molecular complexity index is 1480. The van der Waals surface area contributed by atoms with Crippen LogP contribution in [-0.4, -0.2) is 79.2 Å². The summed E-state index contributed by atoms with van der Waals surface area (Å²) in [6.45, 7) is 1.31. The largest absolute Gasteiger partial charge is 0.393 e. The molecule has 2 aromatic heterocycles. The van der Waals surface area contributed by atoms with Crippen molar-refractivity contribution in [2.75, 3.05) is 26.3 Å². The molecule has 18 nitrogen and oxygen atoms in total. The summed E-state index contributed by atoms with van der Waals surface area (Å²) in [5.74, 6) is -1.62. The van der Waals surface area contributed by atoms with Gasteiger partial charge in [-0.25, -0.2) is 18.4 Å². The highest BCUT2D eigenvalue weighted by molar-refractivity contribution is 5.02. The van der Waals surface area contributed by atoms with E-state index in [0.717, 1.165) is 33.7 Å². The first-order valence-corrected chi connectivity index (χ1v) is 12.4. The zero-order valence-corrected chi connectivity index (χ0v) is 22.3. The van der Waals surface area contributed by atoms with Crippen LogP contribution in [0.15, 0.2) is 53.9 Å². The van der Waals surface area contributed by atoms with E-state index in [9.17, 15) is 38.2 Å². The third-order valence-corrected chi connectivity index (χ3v) is 7.46. The number of H-pyrrole nitrogens is 2. The van der Waals surface area contributed by atoms with E-state index in [1.54, 1.807) is 0 Å². The lowest BCUT2D eigenvalue weighted by Crippen LogP contribution is -2.43. The Hall–Kier alpha value is -4.32. The van der Waals surface area contributed by atoms with Crippen LogP contribution in [0.25, 0.3) is 20.9 Å². The van der Waals surface area contributed by atoms with Crippen LogP contribution in [0.5, 0.6) is 0 Å². The summed E-state index contributed by atoms with van der Waals surface area (Å²) in [7, 11) is 0. The lowest BCUT2D eigenvalue weighted by Gasteiger charge is -2.28. The fourth-order valence-corrected chi connectivity index (χ4v) is 4.70. The van der Waals surface area contributed by atoms with Gasteiger partial charge in [0, 0.05) is 46.2 Å². The van der Waals surface area contributed by atoms with E-state index in [0.29, 0.717) is 0 Å². The highest BCUT2D eigenvalue weighted by Gasteiger charge is 2.54. The molecule has 0 bridgehead atoms. The lowest BCUT2D eigenvalue weighted by atomic mass is 9.88. The normalized spacial score (nSPS) is 31.9. The molecule has 8 atom stereocenters. The Morgan fingerprint density at radius 2 is 1.19 bits per heavy atom. The highest BCUT2D eigenvalue weighted by Crippen LogP contribution is 2.44. The summed E-state index contributed by atoms with van der Waals surface area (Å²) in [5.41, 5.74) is 11.1. The minimum Gasteiger partial charge on any atom is -0.393 e. The van der Waals surface area contributed by atoms with Crippen LogP contribution in [0.3, 0.4) is 0 Å². The highest BCUT2D eigenvalue weighted by atomic mass is 19.1. The van der Waals surface area contributed by atoms with Crippen LogP contribution in [0.4, 0.5) is 8.78 Å². The van der Waals surface area contributed by atoms with E-state index >= 15 is 0 Å². The summed E-state index contributed by atoms with van der Waals surface area (Å²) < 4.78 is 41.6. The summed E-state index contributed by atoms with van der Waals surface area (Å²) in [6, 6.07) is 2.13. The molecular formula is C22H28F2N10O8. The minimum absolute atomic E-state index is 0.268. The number of aliphatic hydroxyl groups excluding tert-OH is 2. The molecule has 4 heterocycles. The SMILES string of the molecule is C[C@H]1[C@@H](F)[C@H](n2ccc(=O)[nH]c2=O)O[C@@]1(CO)CN=[N+]=[N-].C[C@H]1[C@@H](F)[C@H](n2ccc(=O)[nH]c2=O)O[C@@]1(CO)CN=[N+]=[N-]. The van der Waals surface area contributed by atoms with Gasteiger partial charge in [-0.1, -0.05) is 24.1 Å². The van der Waals surface area contributed by atoms with Crippen molar-refractivity contribution in [3.63, 3.8) is 0 Å². The molecule has 0 amide bonds. The molecule has 0 spiro atoms. The first-order chi connectivity index (χ1) is 19.9. The average molecular weight is 599 g/mol. The molecule has 2 aliphatic heterocycles. The van der Waals surface area contributed by atoms with Gasteiger partial charge in [-0.2, -0.15) is 0 Å². The number of nitrogens with one attached hydrogen (secondary N) is 2. The predicted octanol–water partition coefficient (Wildman–Crippen LogP) is 0.162. The Labute approximate surface area is 233 Å². The van der Waals surface area contributed by atoms with E-state index in [4.69, 9.17) is 20.5 Å². The molecule has 42 heavy (non-hydrogen) atoms. The third kappa shape index (κ3) is 6.13. The maximum atomic E-state index is 14.4. The van der Waals surface area contributed by atoms with Crippen LogP contribution >= 0.6 is 0 Å². The molecule has 2 fully saturated rings. The Balaban J connectivity index is 0.000000230. The van der Waals surface area contributed by atoms with Gasteiger partial charge in [0.2, 0.25) is 0 Å². The summed E-state index contributed by atoms with van der Waals surface area (Å²) in [6.07, 6.45) is -3.63. The second kappa shape index (κ2) is 13.1. The minimum atomic E-state index is -1.62. The number of halogens is 2. The van der Waals surface area contributed by atoms with Crippen LogP contribution in [-0.2, 0) is 9.47 Å². The van der Waals surface area contributed by atoms with E-state index in [1.165, 1.54) is 13.8 Å². The molecule has 2 aromatic rings. The monoisotopic (exact) mass is 598 g/mol. The Morgan fingerprint density at radius 3 is 1.48 bits per heavy atom. The van der Waals surface area contributed by atoms with Crippen molar-refractivity contribution in [3.8, 4) is 0 Å². The van der Waals surface area contributed by atoms with E-state index in [2.05, 4.69) is 20.1 Å². The Kier molecular flexibility index (Phi) is 10.1. The van der Waals surface area contributed by atoms with Crippen molar-refractivity contribution >= 4 is 0 Å². The fourth-order valence-electron chi connectivity index (χ4n) is 4.70. The number of alkyl halides is 2. The Morgan fingerprint density at radius 1 is 0.833 bits per heavy atom. The van der Waals surface area contributed by atoms with Crippen molar-refractivity contribution in [2.24, 2.45) is 22.1 Å². The van der Waals surface area contributed by atoms with Gasteiger partial charge in [0.25, 0.3) is 11.1 Å². The number of aliphatic hydroxyl groups is 2.